The number of rotatable bonds is 3. The van der Waals surface area contributed by atoms with Crippen LogP contribution in [-0.4, -0.2) is 12.3 Å². The number of hydrogen-bond acceptors (Lipinski definition) is 3. The van der Waals surface area contributed by atoms with Crippen LogP contribution in [0.3, 0.4) is 0 Å². The average molecular weight is 333 g/mol. The summed E-state index contributed by atoms with van der Waals surface area (Å²) in [6, 6.07) is 2.86. The molecule has 0 radical (unpaired) electrons. The molecule has 23 heavy (non-hydrogen) atoms. The van der Waals surface area contributed by atoms with Crippen LogP contribution in [0.5, 0.6) is 0 Å². The van der Waals surface area contributed by atoms with Gasteiger partial charge in [-0.2, -0.15) is 0 Å². The maximum Gasteiger partial charge on any atom is 0.0948 e. The minimum absolute atomic E-state index is 0.524. The van der Waals surface area contributed by atoms with Crippen LogP contribution in [0.25, 0.3) is 0 Å². The topological polar surface area (TPSA) is 38.4 Å². The lowest BCUT2D eigenvalue weighted by atomic mass is 9.97. The second kappa shape index (κ2) is 8.86. The fraction of sp³-hybridized carbons (Fsp3) is 0.750. The molecule has 2 fully saturated rings. The van der Waals surface area contributed by atoms with E-state index in [4.69, 9.17) is 10.7 Å². The van der Waals surface area contributed by atoms with Gasteiger partial charge in [0, 0.05) is 22.7 Å². The van der Waals surface area contributed by atoms with Gasteiger partial charge < -0.3 is 5.73 Å². The maximum atomic E-state index is 6.29. The van der Waals surface area contributed by atoms with Gasteiger partial charge in [-0.15, -0.1) is 11.3 Å². The zero-order chi connectivity index (χ0) is 15.9. The monoisotopic (exact) mass is 332 g/mol. The maximum absolute atomic E-state index is 6.29. The van der Waals surface area contributed by atoms with Crippen LogP contribution in [-0.2, 0) is 0 Å². The minimum atomic E-state index is 0.524. The Labute approximate surface area is 145 Å². The number of nitrogens with zero attached hydrogens (tertiary/aromatic N) is 1. The molecule has 2 aliphatic carbocycles. The molecule has 1 heterocycles. The SMILES string of the molecule is Nc1sc(C2CCCCCC2)cc1C=NC1CCCCCCC1. The summed E-state index contributed by atoms with van der Waals surface area (Å²) in [5, 5.41) is 0.971. The Bertz CT molecular complexity index is 490. The summed E-state index contributed by atoms with van der Waals surface area (Å²) in [6.07, 6.45) is 19.8. The number of nitrogens with two attached hydrogens (primary N) is 1. The highest BCUT2D eigenvalue weighted by atomic mass is 32.1. The predicted molar refractivity (Wildman–Crippen MR) is 103 cm³/mol. The Balaban J connectivity index is 1.64. The highest BCUT2D eigenvalue weighted by Crippen LogP contribution is 2.37. The van der Waals surface area contributed by atoms with E-state index < -0.39 is 0 Å². The van der Waals surface area contributed by atoms with Gasteiger partial charge in [0.1, 0.15) is 0 Å². The summed E-state index contributed by atoms with van der Waals surface area (Å²) >= 11 is 1.81. The van der Waals surface area contributed by atoms with Gasteiger partial charge in [-0.25, -0.2) is 0 Å². The summed E-state index contributed by atoms with van der Waals surface area (Å²) < 4.78 is 0. The molecule has 0 unspecified atom stereocenters. The molecule has 0 aromatic carbocycles. The first-order valence-electron chi connectivity index (χ1n) is 9.75. The van der Waals surface area contributed by atoms with E-state index in [2.05, 4.69) is 12.3 Å². The number of hydrogen-bond donors (Lipinski definition) is 1. The Kier molecular flexibility index (Phi) is 6.56. The molecule has 3 heteroatoms. The Morgan fingerprint density at radius 2 is 1.43 bits per heavy atom. The molecule has 1 aromatic heterocycles. The van der Waals surface area contributed by atoms with Gasteiger partial charge in [0.15, 0.2) is 0 Å². The Morgan fingerprint density at radius 1 is 0.870 bits per heavy atom. The molecule has 3 rings (SSSR count). The molecule has 0 amide bonds. The zero-order valence-electron chi connectivity index (χ0n) is 14.4. The molecular formula is C20H32N2S. The van der Waals surface area contributed by atoms with Crippen molar-refractivity contribution in [1.82, 2.24) is 0 Å². The van der Waals surface area contributed by atoms with Crippen molar-refractivity contribution in [3.63, 3.8) is 0 Å². The van der Waals surface area contributed by atoms with Crippen LogP contribution in [0.1, 0.15) is 99.8 Å². The molecule has 2 aliphatic rings. The van der Waals surface area contributed by atoms with Crippen LogP contribution in [0, 0.1) is 0 Å². The van der Waals surface area contributed by atoms with Gasteiger partial charge in [-0.05, 0) is 37.7 Å². The second-order valence-corrected chi connectivity index (χ2v) is 8.55. The van der Waals surface area contributed by atoms with Gasteiger partial charge in [-0.1, -0.05) is 57.8 Å². The quantitative estimate of drug-likeness (QED) is 0.512. The second-order valence-electron chi connectivity index (χ2n) is 7.43. The van der Waals surface area contributed by atoms with Crippen molar-refractivity contribution in [2.75, 3.05) is 5.73 Å². The molecule has 0 atom stereocenters. The third-order valence-corrected chi connectivity index (χ3v) is 6.71. The van der Waals surface area contributed by atoms with Crippen molar-refractivity contribution < 1.29 is 0 Å². The average Bonchev–Trinajstić information content (AvgIpc) is 2.74. The summed E-state index contributed by atoms with van der Waals surface area (Å²) in [5.74, 6) is 0.744. The summed E-state index contributed by atoms with van der Waals surface area (Å²) in [5.41, 5.74) is 7.46. The molecule has 2 saturated carbocycles. The number of aliphatic imine (C=N–C) groups is 1. The van der Waals surface area contributed by atoms with E-state index in [1.165, 1.54) is 93.9 Å². The first kappa shape index (κ1) is 17.0. The molecule has 2 N–H and O–H groups in total. The zero-order valence-corrected chi connectivity index (χ0v) is 15.3. The van der Waals surface area contributed by atoms with E-state index >= 15 is 0 Å². The summed E-state index contributed by atoms with van der Waals surface area (Å²) in [4.78, 5) is 6.40. The normalized spacial score (nSPS) is 22.8. The van der Waals surface area contributed by atoms with Crippen LogP contribution in [0.15, 0.2) is 11.1 Å². The predicted octanol–water partition coefficient (Wildman–Crippen LogP) is 6.30. The first-order chi connectivity index (χ1) is 11.3. The van der Waals surface area contributed by atoms with E-state index in [0.29, 0.717) is 6.04 Å². The molecule has 0 aliphatic heterocycles. The fourth-order valence-electron chi connectivity index (χ4n) is 4.08. The summed E-state index contributed by atoms with van der Waals surface area (Å²) in [7, 11) is 0. The van der Waals surface area contributed by atoms with Crippen molar-refractivity contribution in [3.8, 4) is 0 Å². The Morgan fingerprint density at radius 3 is 2.09 bits per heavy atom. The van der Waals surface area contributed by atoms with Gasteiger partial charge >= 0.3 is 0 Å². The van der Waals surface area contributed by atoms with Gasteiger partial charge in [0.2, 0.25) is 0 Å². The number of thiophene rings is 1. The number of nitrogen functional groups attached to an aromatic ring is 1. The molecule has 1 aromatic rings. The van der Waals surface area contributed by atoms with Crippen molar-refractivity contribution >= 4 is 22.6 Å². The van der Waals surface area contributed by atoms with Crippen molar-refractivity contribution in [2.45, 2.75) is 95.4 Å². The van der Waals surface area contributed by atoms with Gasteiger partial charge in [0.25, 0.3) is 0 Å². The van der Waals surface area contributed by atoms with E-state index in [-0.39, 0.29) is 0 Å². The number of anilines is 1. The molecule has 2 nitrogen and oxygen atoms in total. The smallest absolute Gasteiger partial charge is 0.0948 e. The van der Waals surface area contributed by atoms with Crippen LogP contribution in [0.4, 0.5) is 5.00 Å². The van der Waals surface area contributed by atoms with E-state index in [0.717, 1.165) is 10.9 Å². The van der Waals surface area contributed by atoms with Gasteiger partial charge in [-0.3, -0.25) is 4.99 Å². The third kappa shape index (κ3) is 5.07. The van der Waals surface area contributed by atoms with E-state index in [1.807, 2.05) is 11.3 Å². The van der Waals surface area contributed by atoms with Crippen LogP contribution < -0.4 is 5.73 Å². The van der Waals surface area contributed by atoms with Gasteiger partial charge in [0.05, 0.1) is 5.00 Å². The molecule has 0 spiro atoms. The lowest BCUT2D eigenvalue weighted by Crippen LogP contribution is -2.07. The van der Waals surface area contributed by atoms with Crippen LogP contribution >= 0.6 is 11.3 Å². The lowest BCUT2D eigenvalue weighted by Gasteiger charge is -2.15. The van der Waals surface area contributed by atoms with E-state index in [9.17, 15) is 0 Å². The third-order valence-electron chi connectivity index (χ3n) is 5.57. The van der Waals surface area contributed by atoms with Crippen LogP contribution in [0.2, 0.25) is 0 Å². The largest absolute Gasteiger partial charge is 0.390 e. The Hall–Kier alpha value is -0.830. The highest BCUT2D eigenvalue weighted by molar-refractivity contribution is 7.16. The molecular weight excluding hydrogens is 300 g/mol. The van der Waals surface area contributed by atoms with Crippen molar-refractivity contribution in [1.29, 1.82) is 0 Å². The molecule has 0 saturated heterocycles. The molecule has 0 bridgehead atoms. The lowest BCUT2D eigenvalue weighted by molar-refractivity contribution is 0.456. The van der Waals surface area contributed by atoms with Crippen molar-refractivity contribution in [2.24, 2.45) is 4.99 Å². The fourth-order valence-corrected chi connectivity index (χ4v) is 5.15. The minimum Gasteiger partial charge on any atom is -0.390 e. The highest BCUT2D eigenvalue weighted by Gasteiger charge is 2.18. The summed E-state index contributed by atoms with van der Waals surface area (Å²) in [6.45, 7) is 0. The van der Waals surface area contributed by atoms with E-state index in [1.54, 1.807) is 0 Å². The molecule has 128 valence electrons. The van der Waals surface area contributed by atoms with Crippen molar-refractivity contribution in [3.05, 3.63) is 16.5 Å². The standard InChI is InChI=1S/C20H32N2S/c21-20-17(15-22-18-12-8-2-1-3-9-13-18)14-19(23-20)16-10-6-4-5-7-11-16/h14-16,18H,1-13,21H2. The first-order valence-corrected chi connectivity index (χ1v) is 10.6.